The van der Waals surface area contributed by atoms with Gasteiger partial charge in [-0.3, -0.25) is 10.1 Å². The Balaban J connectivity index is 2.27. The number of nitrogens with one attached hydrogen (secondary N) is 1. The second kappa shape index (κ2) is 7.09. The minimum Gasteiger partial charge on any atom is -0.363 e. The fraction of sp³-hybridized carbons (Fsp3) is 0.600. The van der Waals surface area contributed by atoms with Gasteiger partial charge in [0.05, 0.1) is 4.92 Å². The molecule has 0 spiro atoms. The normalized spacial score (nSPS) is 18.8. The molecule has 1 heterocycles. The summed E-state index contributed by atoms with van der Waals surface area (Å²) in [6, 6.07) is 5.12. The third-order valence-electron chi connectivity index (χ3n) is 3.92. The minimum atomic E-state index is -0.351. The van der Waals surface area contributed by atoms with E-state index in [4.69, 9.17) is 11.6 Å². The lowest BCUT2D eigenvalue weighted by Crippen LogP contribution is -2.41. The highest BCUT2D eigenvalue weighted by Gasteiger charge is 2.25. The molecule has 21 heavy (non-hydrogen) atoms. The number of nitro groups is 1. The van der Waals surface area contributed by atoms with Crippen LogP contribution >= 0.6 is 11.6 Å². The van der Waals surface area contributed by atoms with Gasteiger partial charge in [0.2, 0.25) is 0 Å². The smallest absolute Gasteiger partial charge is 0.294 e. The van der Waals surface area contributed by atoms with Gasteiger partial charge in [0.1, 0.15) is 5.69 Å². The van der Waals surface area contributed by atoms with Gasteiger partial charge in [-0.2, -0.15) is 0 Å². The van der Waals surface area contributed by atoms with Crippen molar-refractivity contribution >= 4 is 23.0 Å². The summed E-state index contributed by atoms with van der Waals surface area (Å²) < 4.78 is 0. The lowest BCUT2D eigenvalue weighted by molar-refractivity contribution is -0.384. The predicted octanol–water partition coefficient (Wildman–Crippen LogP) is 3.46. The van der Waals surface area contributed by atoms with Gasteiger partial charge in [0.15, 0.2) is 0 Å². The maximum absolute atomic E-state index is 11.3. The van der Waals surface area contributed by atoms with Gasteiger partial charge in [-0.25, -0.2) is 0 Å². The Kier molecular flexibility index (Phi) is 5.42. The number of anilines is 1. The van der Waals surface area contributed by atoms with E-state index >= 15 is 0 Å². The number of nitrogens with zero attached hydrogens (tertiary/aromatic N) is 2. The first-order valence-electron chi connectivity index (χ1n) is 7.40. The van der Waals surface area contributed by atoms with Gasteiger partial charge in [-0.1, -0.05) is 11.6 Å². The van der Waals surface area contributed by atoms with Crippen LogP contribution in [0.25, 0.3) is 0 Å². The van der Waals surface area contributed by atoms with E-state index in [1.165, 1.54) is 12.5 Å². The van der Waals surface area contributed by atoms with E-state index in [2.05, 4.69) is 24.1 Å². The number of benzene rings is 1. The topological polar surface area (TPSA) is 58.4 Å². The number of halogens is 1. The Hall–Kier alpha value is -1.33. The van der Waals surface area contributed by atoms with Crippen LogP contribution in [0.2, 0.25) is 5.02 Å². The highest BCUT2D eigenvalue weighted by molar-refractivity contribution is 6.30. The van der Waals surface area contributed by atoms with Crippen molar-refractivity contribution < 1.29 is 4.92 Å². The van der Waals surface area contributed by atoms with E-state index in [1.807, 2.05) is 0 Å². The Labute approximate surface area is 130 Å². The van der Waals surface area contributed by atoms with Crippen molar-refractivity contribution in [1.29, 1.82) is 0 Å². The standard InChI is InChI=1S/C15H22ClN3O2/c1-11(2)18(10-12-4-3-7-17-9-12)14-6-5-13(16)8-15(14)19(20)21/h5-6,8,11-12,17H,3-4,7,9-10H2,1-2H3. The summed E-state index contributed by atoms with van der Waals surface area (Å²) in [4.78, 5) is 13.1. The zero-order chi connectivity index (χ0) is 15.4. The zero-order valence-corrected chi connectivity index (χ0v) is 13.3. The molecular weight excluding hydrogens is 290 g/mol. The molecule has 0 aromatic heterocycles. The molecule has 1 aromatic rings. The Morgan fingerprint density at radius 2 is 2.29 bits per heavy atom. The first-order chi connectivity index (χ1) is 9.99. The highest BCUT2D eigenvalue weighted by atomic mass is 35.5. The number of hydrogen-bond donors (Lipinski definition) is 1. The van der Waals surface area contributed by atoms with Crippen molar-refractivity contribution in [3.63, 3.8) is 0 Å². The van der Waals surface area contributed by atoms with E-state index in [0.29, 0.717) is 16.6 Å². The summed E-state index contributed by atoms with van der Waals surface area (Å²) in [5, 5.41) is 15.1. The maximum Gasteiger partial charge on any atom is 0.294 e. The van der Waals surface area contributed by atoms with Crippen molar-refractivity contribution in [2.24, 2.45) is 5.92 Å². The number of piperidine rings is 1. The largest absolute Gasteiger partial charge is 0.363 e. The maximum atomic E-state index is 11.3. The second-order valence-electron chi connectivity index (χ2n) is 5.85. The van der Waals surface area contributed by atoms with Gasteiger partial charge < -0.3 is 10.2 Å². The van der Waals surface area contributed by atoms with E-state index in [1.54, 1.807) is 12.1 Å². The molecule has 0 saturated carbocycles. The minimum absolute atomic E-state index is 0.0833. The third kappa shape index (κ3) is 4.08. The van der Waals surface area contributed by atoms with Crippen LogP contribution in [0.5, 0.6) is 0 Å². The van der Waals surface area contributed by atoms with Gasteiger partial charge in [0, 0.05) is 23.7 Å². The fourth-order valence-electron chi connectivity index (χ4n) is 2.83. The average molecular weight is 312 g/mol. The molecule has 116 valence electrons. The molecule has 0 radical (unpaired) electrons. The van der Waals surface area contributed by atoms with Gasteiger partial charge in [0.25, 0.3) is 5.69 Å². The molecule has 1 aromatic carbocycles. The molecule has 1 saturated heterocycles. The highest BCUT2D eigenvalue weighted by Crippen LogP contribution is 2.33. The van der Waals surface area contributed by atoms with Crippen molar-refractivity contribution in [2.45, 2.75) is 32.7 Å². The van der Waals surface area contributed by atoms with Crippen molar-refractivity contribution in [3.05, 3.63) is 33.3 Å². The van der Waals surface area contributed by atoms with Crippen LogP contribution in [0.3, 0.4) is 0 Å². The molecule has 1 aliphatic rings. The molecule has 1 unspecified atom stereocenters. The van der Waals surface area contributed by atoms with Crippen molar-refractivity contribution in [3.8, 4) is 0 Å². The van der Waals surface area contributed by atoms with Crippen LogP contribution in [-0.2, 0) is 0 Å². The SMILES string of the molecule is CC(C)N(CC1CCCNC1)c1ccc(Cl)cc1[N+](=O)[O-]. The van der Waals surface area contributed by atoms with E-state index in [0.717, 1.165) is 26.1 Å². The molecule has 2 rings (SSSR count). The fourth-order valence-corrected chi connectivity index (χ4v) is 3.00. The molecule has 5 nitrogen and oxygen atoms in total. The summed E-state index contributed by atoms with van der Waals surface area (Å²) in [6.07, 6.45) is 2.33. The summed E-state index contributed by atoms with van der Waals surface area (Å²) in [5.41, 5.74) is 0.741. The van der Waals surface area contributed by atoms with E-state index < -0.39 is 0 Å². The lowest BCUT2D eigenvalue weighted by atomic mass is 9.98. The van der Waals surface area contributed by atoms with E-state index in [9.17, 15) is 10.1 Å². The molecule has 1 aliphatic heterocycles. The summed E-state index contributed by atoms with van der Waals surface area (Å²) in [5.74, 6) is 0.524. The van der Waals surface area contributed by atoms with Crippen LogP contribution in [0.4, 0.5) is 11.4 Å². The van der Waals surface area contributed by atoms with Crippen LogP contribution in [0.15, 0.2) is 18.2 Å². The van der Waals surface area contributed by atoms with Crippen molar-refractivity contribution in [2.75, 3.05) is 24.5 Å². The third-order valence-corrected chi connectivity index (χ3v) is 4.16. The second-order valence-corrected chi connectivity index (χ2v) is 6.29. The van der Waals surface area contributed by atoms with Crippen molar-refractivity contribution in [1.82, 2.24) is 5.32 Å². The molecule has 0 bridgehead atoms. The number of hydrogen-bond acceptors (Lipinski definition) is 4. The summed E-state index contributed by atoms with van der Waals surface area (Å²) in [7, 11) is 0. The van der Waals surface area contributed by atoms with Crippen LogP contribution in [-0.4, -0.2) is 30.6 Å². The summed E-state index contributed by atoms with van der Waals surface area (Å²) >= 11 is 5.90. The molecule has 0 aliphatic carbocycles. The van der Waals surface area contributed by atoms with Crippen LogP contribution in [0, 0.1) is 16.0 Å². The Bertz CT molecular complexity index is 502. The molecule has 1 atom stereocenters. The monoisotopic (exact) mass is 311 g/mol. The van der Waals surface area contributed by atoms with Gasteiger partial charge >= 0.3 is 0 Å². The molecule has 0 amide bonds. The van der Waals surface area contributed by atoms with Crippen LogP contribution < -0.4 is 10.2 Å². The molecule has 1 fully saturated rings. The Morgan fingerprint density at radius 3 is 2.86 bits per heavy atom. The molecule has 6 heteroatoms. The van der Waals surface area contributed by atoms with E-state index in [-0.39, 0.29) is 16.7 Å². The Morgan fingerprint density at radius 1 is 1.52 bits per heavy atom. The van der Waals surface area contributed by atoms with Gasteiger partial charge in [-0.15, -0.1) is 0 Å². The zero-order valence-electron chi connectivity index (χ0n) is 12.5. The quantitative estimate of drug-likeness (QED) is 0.668. The number of rotatable bonds is 5. The molecular formula is C15H22ClN3O2. The predicted molar refractivity (Wildman–Crippen MR) is 86.2 cm³/mol. The summed E-state index contributed by atoms with van der Waals surface area (Å²) in [6.45, 7) is 7.00. The molecule has 1 N–H and O–H groups in total. The first kappa shape index (κ1) is 16.0. The van der Waals surface area contributed by atoms with Gasteiger partial charge in [-0.05, 0) is 57.8 Å². The average Bonchev–Trinajstić information content (AvgIpc) is 2.46. The number of nitro benzene ring substituents is 1. The lowest BCUT2D eigenvalue weighted by Gasteiger charge is -2.34. The van der Waals surface area contributed by atoms with Crippen LogP contribution in [0.1, 0.15) is 26.7 Å². The first-order valence-corrected chi connectivity index (χ1v) is 7.78.